The molecule has 7 nitrogen and oxygen atoms in total. The number of nitrogens with zero attached hydrogens (tertiary/aromatic N) is 2. The van der Waals surface area contributed by atoms with E-state index in [0.29, 0.717) is 24.2 Å². The second kappa shape index (κ2) is 6.77. The molecule has 0 amide bonds. The Morgan fingerprint density at radius 1 is 1.23 bits per heavy atom. The van der Waals surface area contributed by atoms with Crippen molar-refractivity contribution in [1.29, 1.82) is 0 Å². The van der Waals surface area contributed by atoms with Crippen LogP contribution in [0, 0.1) is 10.1 Å². The van der Waals surface area contributed by atoms with Crippen molar-refractivity contribution in [2.24, 2.45) is 0 Å². The number of ether oxygens (including phenoxy) is 1. The molecule has 0 fully saturated rings. The molecule has 1 aromatic heterocycles. The van der Waals surface area contributed by atoms with Crippen LogP contribution in [0.4, 0.5) is 5.69 Å². The maximum atomic E-state index is 12.2. The number of nitro groups is 1. The molecule has 0 aliphatic rings. The Morgan fingerprint density at radius 3 is 2.45 bits per heavy atom. The molecular formula is C15H14N2O5. The zero-order valence-electron chi connectivity index (χ0n) is 11.9. The third kappa shape index (κ3) is 3.09. The van der Waals surface area contributed by atoms with Gasteiger partial charge in [0.2, 0.25) is 0 Å². The average molecular weight is 302 g/mol. The second-order valence-corrected chi connectivity index (χ2v) is 4.55. The van der Waals surface area contributed by atoms with E-state index in [1.54, 1.807) is 18.2 Å². The number of nitro benzene ring substituents is 1. The van der Waals surface area contributed by atoms with E-state index in [0.717, 1.165) is 0 Å². The summed E-state index contributed by atoms with van der Waals surface area (Å²) < 4.78 is 6.40. The number of rotatable bonds is 6. The van der Waals surface area contributed by atoms with Crippen molar-refractivity contribution >= 4 is 12.0 Å². The Balaban J connectivity index is 2.53. The summed E-state index contributed by atoms with van der Waals surface area (Å²) in [5.41, 5.74) is 0.836. The van der Waals surface area contributed by atoms with Gasteiger partial charge in [-0.25, -0.2) is 0 Å². The van der Waals surface area contributed by atoms with Gasteiger partial charge in [-0.05, 0) is 29.8 Å². The zero-order chi connectivity index (χ0) is 16.1. The van der Waals surface area contributed by atoms with E-state index in [-0.39, 0.29) is 17.8 Å². The smallest absolute Gasteiger partial charge is 0.269 e. The lowest BCUT2D eigenvalue weighted by molar-refractivity contribution is -0.384. The number of carbonyl (C=O) groups excluding carboxylic acids is 1. The molecular weight excluding hydrogens is 288 g/mol. The highest BCUT2D eigenvalue weighted by Gasteiger charge is 2.11. The van der Waals surface area contributed by atoms with Crippen LogP contribution in [0.1, 0.15) is 10.4 Å². The van der Waals surface area contributed by atoms with Crippen LogP contribution in [0.3, 0.4) is 0 Å². The van der Waals surface area contributed by atoms with Gasteiger partial charge in [-0.2, -0.15) is 0 Å². The summed E-state index contributed by atoms with van der Waals surface area (Å²) in [6, 6.07) is 8.95. The molecule has 0 radical (unpaired) electrons. The van der Waals surface area contributed by atoms with E-state index in [1.165, 1.54) is 29.9 Å². The predicted octanol–water partition coefficient (Wildman–Crippen LogP) is 1.88. The molecule has 0 bridgehead atoms. The lowest BCUT2D eigenvalue weighted by atomic mass is 10.1. The number of hydrogen-bond donors (Lipinski definition) is 0. The number of benzene rings is 1. The van der Waals surface area contributed by atoms with Crippen LogP contribution in [-0.4, -0.2) is 29.5 Å². The largest absolute Gasteiger partial charge is 0.383 e. The van der Waals surface area contributed by atoms with Crippen molar-refractivity contribution in [3.8, 4) is 11.3 Å². The van der Waals surface area contributed by atoms with Gasteiger partial charge in [-0.1, -0.05) is 0 Å². The topological polar surface area (TPSA) is 91.4 Å². The lowest BCUT2D eigenvalue weighted by Crippen LogP contribution is -2.26. The zero-order valence-corrected chi connectivity index (χ0v) is 11.9. The molecule has 114 valence electrons. The minimum absolute atomic E-state index is 0.0287. The average Bonchev–Trinajstić information content (AvgIpc) is 2.53. The van der Waals surface area contributed by atoms with Crippen molar-refractivity contribution < 1.29 is 14.5 Å². The minimum atomic E-state index is -0.489. The third-order valence-corrected chi connectivity index (χ3v) is 3.22. The molecule has 0 atom stereocenters. The number of carbonyl (C=O) groups is 1. The van der Waals surface area contributed by atoms with E-state index >= 15 is 0 Å². The van der Waals surface area contributed by atoms with Crippen LogP contribution in [0.25, 0.3) is 11.3 Å². The molecule has 0 spiro atoms. The SMILES string of the molecule is COCCn1c(-c2ccc([N+](=O)[O-])cc2)ccc(C=O)c1=O. The number of non-ortho nitro benzene ring substituents is 1. The normalized spacial score (nSPS) is 10.4. The summed E-state index contributed by atoms with van der Waals surface area (Å²) in [6.07, 6.45) is 0.505. The van der Waals surface area contributed by atoms with Gasteiger partial charge in [0.1, 0.15) is 0 Å². The summed E-state index contributed by atoms with van der Waals surface area (Å²) in [4.78, 5) is 33.3. The number of pyridine rings is 1. The summed E-state index contributed by atoms with van der Waals surface area (Å²) in [5.74, 6) is 0. The van der Waals surface area contributed by atoms with Gasteiger partial charge in [-0.15, -0.1) is 0 Å². The van der Waals surface area contributed by atoms with Crippen LogP contribution in [0.15, 0.2) is 41.2 Å². The Bertz CT molecular complexity index is 750. The number of aldehydes is 1. The van der Waals surface area contributed by atoms with Crippen molar-refractivity contribution in [1.82, 2.24) is 4.57 Å². The molecule has 0 saturated carbocycles. The second-order valence-electron chi connectivity index (χ2n) is 4.55. The van der Waals surface area contributed by atoms with Crippen molar-refractivity contribution in [2.75, 3.05) is 13.7 Å². The summed E-state index contributed by atoms with van der Waals surface area (Å²) in [6.45, 7) is 0.589. The Kier molecular flexibility index (Phi) is 4.80. The highest BCUT2D eigenvalue weighted by Crippen LogP contribution is 2.21. The maximum absolute atomic E-state index is 12.2. The number of methoxy groups -OCH3 is 1. The predicted molar refractivity (Wildman–Crippen MR) is 80.1 cm³/mol. The molecule has 2 aromatic rings. The molecule has 0 N–H and O–H groups in total. The van der Waals surface area contributed by atoms with E-state index in [4.69, 9.17) is 4.74 Å². The van der Waals surface area contributed by atoms with Crippen molar-refractivity contribution in [3.63, 3.8) is 0 Å². The van der Waals surface area contributed by atoms with Crippen LogP contribution in [0.5, 0.6) is 0 Å². The Hall–Kier alpha value is -2.80. The highest BCUT2D eigenvalue weighted by atomic mass is 16.6. The van der Waals surface area contributed by atoms with Gasteiger partial charge in [0.15, 0.2) is 6.29 Å². The quantitative estimate of drug-likeness (QED) is 0.461. The summed E-state index contributed by atoms with van der Waals surface area (Å²) in [7, 11) is 1.51. The number of hydrogen-bond acceptors (Lipinski definition) is 5. The molecule has 0 unspecified atom stereocenters. The van der Waals surface area contributed by atoms with E-state index < -0.39 is 10.5 Å². The minimum Gasteiger partial charge on any atom is -0.383 e. The van der Waals surface area contributed by atoms with Gasteiger partial charge in [0.25, 0.3) is 11.2 Å². The Morgan fingerprint density at radius 2 is 1.91 bits per heavy atom. The van der Waals surface area contributed by atoms with Gasteiger partial charge in [0.05, 0.1) is 22.8 Å². The molecule has 22 heavy (non-hydrogen) atoms. The maximum Gasteiger partial charge on any atom is 0.269 e. The molecule has 0 aliphatic heterocycles. The fourth-order valence-electron chi connectivity index (χ4n) is 2.10. The first-order chi connectivity index (χ1) is 10.6. The van der Waals surface area contributed by atoms with E-state index in [1.807, 2.05) is 0 Å². The van der Waals surface area contributed by atoms with Crippen LogP contribution >= 0.6 is 0 Å². The summed E-state index contributed by atoms with van der Waals surface area (Å²) >= 11 is 0. The van der Waals surface area contributed by atoms with E-state index in [2.05, 4.69) is 0 Å². The van der Waals surface area contributed by atoms with Gasteiger partial charge >= 0.3 is 0 Å². The number of aromatic nitrogens is 1. The molecule has 1 heterocycles. The van der Waals surface area contributed by atoms with Crippen LogP contribution < -0.4 is 5.56 Å². The van der Waals surface area contributed by atoms with Gasteiger partial charge in [0, 0.05) is 25.8 Å². The monoisotopic (exact) mass is 302 g/mol. The molecule has 7 heteroatoms. The molecule has 1 aromatic carbocycles. The fourth-order valence-corrected chi connectivity index (χ4v) is 2.10. The Labute approximate surface area is 125 Å². The molecule has 0 aliphatic carbocycles. The van der Waals surface area contributed by atoms with Crippen molar-refractivity contribution in [3.05, 3.63) is 62.4 Å². The first-order valence-corrected chi connectivity index (χ1v) is 6.51. The van der Waals surface area contributed by atoms with Crippen LogP contribution in [-0.2, 0) is 11.3 Å². The first-order valence-electron chi connectivity index (χ1n) is 6.51. The molecule has 0 saturated heterocycles. The fraction of sp³-hybridized carbons (Fsp3) is 0.200. The van der Waals surface area contributed by atoms with Gasteiger partial charge < -0.3 is 9.30 Å². The standard InChI is InChI=1S/C15H14N2O5/c1-22-9-8-16-14(7-4-12(10-18)15(16)19)11-2-5-13(6-3-11)17(20)21/h2-7,10H,8-9H2,1H3. The lowest BCUT2D eigenvalue weighted by Gasteiger charge is -2.13. The third-order valence-electron chi connectivity index (χ3n) is 3.22. The van der Waals surface area contributed by atoms with Crippen molar-refractivity contribution in [2.45, 2.75) is 6.54 Å². The summed E-state index contributed by atoms with van der Waals surface area (Å²) in [5, 5.41) is 10.7. The van der Waals surface area contributed by atoms with Crippen LogP contribution in [0.2, 0.25) is 0 Å². The van der Waals surface area contributed by atoms with E-state index in [9.17, 15) is 19.7 Å². The first kappa shape index (κ1) is 15.6. The van der Waals surface area contributed by atoms with Gasteiger partial charge in [-0.3, -0.25) is 19.7 Å². The highest BCUT2D eigenvalue weighted by molar-refractivity contribution is 5.75. The molecule has 2 rings (SSSR count).